The largest absolute Gasteiger partial charge is 0.493 e. The molecule has 1 aliphatic rings. The Balaban J connectivity index is 2.30. The van der Waals surface area contributed by atoms with Crippen LogP contribution in [0.2, 0.25) is 0 Å². The first kappa shape index (κ1) is 15.1. The third kappa shape index (κ3) is 3.43. The van der Waals surface area contributed by atoms with Gasteiger partial charge in [-0.1, -0.05) is 12.1 Å². The average molecular weight is 306 g/mol. The summed E-state index contributed by atoms with van der Waals surface area (Å²) in [5.74, 6) is 0.446. The fourth-order valence-corrected chi connectivity index (χ4v) is 2.63. The van der Waals surface area contributed by atoms with Crippen molar-refractivity contribution in [2.24, 2.45) is 4.99 Å². The number of nitrogens with zero attached hydrogens (tertiary/aromatic N) is 1. The van der Waals surface area contributed by atoms with E-state index >= 15 is 0 Å². The lowest BCUT2D eigenvalue weighted by molar-refractivity contribution is -0.117. The van der Waals surface area contributed by atoms with E-state index in [-0.39, 0.29) is 11.1 Å². The Bertz CT molecular complexity index is 652. The van der Waals surface area contributed by atoms with Gasteiger partial charge < -0.3 is 14.8 Å². The molecule has 0 bridgehead atoms. The first-order valence-corrected chi connectivity index (χ1v) is 6.88. The molecule has 1 aromatic carbocycles. The lowest BCUT2D eigenvalue weighted by Crippen LogP contribution is -2.23. The van der Waals surface area contributed by atoms with Gasteiger partial charge in [0.1, 0.15) is 0 Å². The molecule has 1 aliphatic heterocycles. The summed E-state index contributed by atoms with van der Waals surface area (Å²) in [6.07, 6.45) is 1.66. The Morgan fingerprint density at radius 1 is 1.33 bits per heavy atom. The zero-order chi connectivity index (χ0) is 15.4. The van der Waals surface area contributed by atoms with Crippen LogP contribution in [0.25, 0.3) is 6.08 Å². The minimum Gasteiger partial charge on any atom is -0.493 e. The van der Waals surface area contributed by atoms with Gasteiger partial charge in [-0.3, -0.25) is 9.59 Å². The van der Waals surface area contributed by atoms with Crippen molar-refractivity contribution in [3.05, 3.63) is 28.7 Å². The predicted molar refractivity (Wildman–Crippen MR) is 81.4 cm³/mol. The van der Waals surface area contributed by atoms with Crippen LogP contribution in [-0.2, 0) is 9.59 Å². The maximum Gasteiger partial charge on any atom is 0.286 e. The summed E-state index contributed by atoms with van der Waals surface area (Å²) in [7, 11) is 3.07. The molecule has 0 saturated heterocycles. The lowest BCUT2D eigenvalue weighted by atomic mass is 10.1. The summed E-state index contributed by atoms with van der Waals surface area (Å²) in [6.45, 7) is 1.36. The van der Waals surface area contributed by atoms with E-state index in [4.69, 9.17) is 9.47 Å². The summed E-state index contributed by atoms with van der Waals surface area (Å²) in [5, 5.41) is 2.77. The second-order valence-corrected chi connectivity index (χ2v) is 5.13. The number of carbonyl (C=O) groups is 2. The molecule has 21 heavy (non-hydrogen) atoms. The molecule has 0 radical (unpaired) electrons. The molecule has 0 atom stereocenters. The summed E-state index contributed by atoms with van der Waals surface area (Å²) in [6, 6.07) is 5.37. The highest BCUT2D eigenvalue weighted by atomic mass is 32.2. The van der Waals surface area contributed by atoms with E-state index in [2.05, 4.69) is 10.3 Å². The number of aliphatic imine (C=N–C) groups is 1. The number of carbonyl (C=O) groups excluding carboxylic acids is 2. The number of methoxy groups -OCH3 is 2. The van der Waals surface area contributed by atoms with Crippen LogP contribution in [0, 0.1) is 0 Å². The van der Waals surface area contributed by atoms with Gasteiger partial charge in [-0.25, -0.2) is 0 Å². The maximum atomic E-state index is 11.8. The van der Waals surface area contributed by atoms with Crippen LogP contribution in [0.4, 0.5) is 0 Å². The Hall–Kier alpha value is -2.28. The third-order valence-electron chi connectivity index (χ3n) is 2.62. The highest BCUT2D eigenvalue weighted by molar-refractivity contribution is 8.18. The predicted octanol–water partition coefficient (Wildman–Crippen LogP) is 1.81. The van der Waals surface area contributed by atoms with E-state index in [1.807, 2.05) is 0 Å². The monoisotopic (exact) mass is 306 g/mol. The number of benzene rings is 1. The van der Waals surface area contributed by atoms with Gasteiger partial charge in [0.25, 0.3) is 5.91 Å². The Labute approximate surface area is 126 Å². The smallest absolute Gasteiger partial charge is 0.286 e. The van der Waals surface area contributed by atoms with Crippen molar-refractivity contribution in [2.45, 2.75) is 6.92 Å². The van der Waals surface area contributed by atoms with Gasteiger partial charge in [-0.05, 0) is 23.9 Å². The first-order valence-electron chi connectivity index (χ1n) is 6.06. The molecule has 1 aromatic rings. The topological polar surface area (TPSA) is 77.0 Å². The normalized spacial score (nSPS) is 15.9. The Kier molecular flexibility index (Phi) is 4.64. The van der Waals surface area contributed by atoms with Crippen LogP contribution in [0.15, 0.2) is 28.1 Å². The molecule has 0 saturated carbocycles. The van der Waals surface area contributed by atoms with Crippen molar-refractivity contribution in [3.63, 3.8) is 0 Å². The van der Waals surface area contributed by atoms with Gasteiger partial charge in [0, 0.05) is 12.5 Å². The molecule has 2 amide bonds. The highest BCUT2D eigenvalue weighted by Crippen LogP contribution is 2.35. The van der Waals surface area contributed by atoms with Crippen LogP contribution >= 0.6 is 11.8 Å². The fraction of sp³-hybridized carbons (Fsp3) is 0.214. The highest BCUT2D eigenvalue weighted by Gasteiger charge is 2.23. The Morgan fingerprint density at radius 2 is 2.10 bits per heavy atom. The van der Waals surface area contributed by atoms with E-state index < -0.39 is 5.91 Å². The average Bonchev–Trinajstić information content (AvgIpc) is 2.77. The van der Waals surface area contributed by atoms with Crippen LogP contribution < -0.4 is 14.8 Å². The molecule has 2 rings (SSSR count). The molecule has 7 heteroatoms. The zero-order valence-corrected chi connectivity index (χ0v) is 12.6. The molecule has 1 heterocycles. The number of nitrogens with one attached hydrogen (secondary N) is 1. The third-order valence-corrected chi connectivity index (χ3v) is 3.52. The molecule has 0 fully saturated rings. The number of hydrogen-bond acceptors (Lipinski definition) is 5. The number of hydrogen-bond donors (Lipinski definition) is 1. The molecule has 0 unspecified atom stereocenters. The standard InChI is InChI=1S/C14H14N2O4S/c1-8(17)15-14-16-13(18)11(21-14)7-9-5-4-6-10(19-2)12(9)20-3/h4-7H,1-3H3,(H,15,16,17,18)/b11-7+. The minimum atomic E-state index is -0.395. The maximum absolute atomic E-state index is 11.8. The molecule has 0 aliphatic carbocycles. The summed E-state index contributed by atoms with van der Waals surface area (Å²) in [4.78, 5) is 27.0. The van der Waals surface area contributed by atoms with Crippen molar-refractivity contribution in [1.29, 1.82) is 0 Å². The van der Waals surface area contributed by atoms with E-state index in [0.29, 0.717) is 22.0 Å². The van der Waals surface area contributed by atoms with Crippen molar-refractivity contribution in [2.75, 3.05) is 14.2 Å². The number of rotatable bonds is 3. The van der Waals surface area contributed by atoms with Crippen LogP contribution in [0.1, 0.15) is 12.5 Å². The van der Waals surface area contributed by atoms with Crippen molar-refractivity contribution in [3.8, 4) is 11.5 Å². The van der Waals surface area contributed by atoms with Gasteiger partial charge in [0.15, 0.2) is 16.7 Å². The van der Waals surface area contributed by atoms with Crippen molar-refractivity contribution < 1.29 is 19.1 Å². The SMILES string of the molecule is COc1cccc(/C=C2/SC(NC(C)=O)=NC2=O)c1OC. The molecule has 1 N–H and O–H groups in total. The minimum absolute atomic E-state index is 0.269. The molecule has 0 spiro atoms. The summed E-state index contributed by atoms with van der Waals surface area (Å²) < 4.78 is 10.5. The molecular weight excluding hydrogens is 292 g/mol. The zero-order valence-electron chi connectivity index (χ0n) is 11.8. The number of thioether (sulfide) groups is 1. The number of amides is 2. The van der Waals surface area contributed by atoms with E-state index in [0.717, 1.165) is 11.8 Å². The van der Waals surface area contributed by atoms with Gasteiger partial charge in [-0.2, -0.15) is 4.99 Å². The van der Waals surface area contributed by atoms with Gasteiger partial charge in [-0.15, -0.1) is 0 Å². The van der Waals surface area contributed by atoms with Crippen LogP contribution in [0.3, 0.4) is 0 Å². The Morgan fingerprint density at radius 3 is 2.71 bits per heavy atom. The summed E-state index contributed by atoms with van der Waals surface area (Å²) in [5.41, 5.74) is 0.701. The van der Waals surface area contributed by atoms with Crippen LogP contribution in [-0.4, -0.2) is 31.2 Å². The van der Waals surface area contributed by atoms with Gasteiger partial charge in [0.05, 0.1) is 19.1 Å². The van der Waals surface area contributed by atoms with E-state index in [9.17, 15) is 9.59 Å². The number of para-hydroxylation sites is 1. The number of amidine groups is 1. The van der Waals surface area contributed by atoms with Crippen molar-refractivity contribution in [1.82, 2.24) is 5.32 Å². The molecule has 6 nitrogen and oxygen atoms in total. The molecule has 0 aromatic heterocycles. The summed E-state index contributed by atoms with van der Waals surface area (Å²) >= 11 is 1.11. The second-order valence-electron chi connectivity index (χ2n) is 4.10. The van der Waals surface area contributed by atoms with Crippen molar-refractivity contribution >= 4 is 34.8 Å². The molecule has 110 valence electrons. The van der Waals surface area contributed by atoms with E-state index in [1.54, 1.807) is 31.4 Å². The lowest BCUT2D eigenvalue weighted by Gasteiger charge is -2.10. The van der Waals surface area contributed by atoms with Gasteiger partial charge in [0.2, 0.25) is 5.91 Å². The van der Waals surface area contributed by atoms with Gasteiger partial charge >= 0.3 is 0 Å². The first-order chi connectivity index (χ1) is 10.0. The van der Waals surface area contributed by atoms with Crippen LogP contribution in [0.5, 0.6) is 11.5 Å². The molecular formula is C14H14N2O4S. The fourth-order valence-electron chi connectivity index (χ4n) is 1.78. The quantitative estimate of drug-likeness (QED) is 0.862. The van der Waals surface area contributed by atoms with E-state index in [1.165, 1.54) is 14.0 Å². The number of ether oxygens (including phenoxy) is 2. The second kappa shape index (κ2) is 6.45.